The maximum atomic E-state index is 8.69. The van der Waals surface area contributed by atoms with Crippen molar-refractivity contribution in [2.45, 2.75) is 27.3 Å². The summed E-state index contributed by atoms with van der Waals surface area (Å²) >= 11 is 0. The Kier molecular flexibility index (Phi) is 4.92. The highest BCUT2D eigenvalue weighted by Gasteiger charge is 2.09. The number of nitriles is 1. The smallest absolute Gasteiger partial charge is 0.179 e. The molecule has 13 heavy (non-hydrogen) atoms. The summed E-state index contributed by atoms with van der Waals surface area (Å²) in [4.78, 5) is 0. The average Bonchev–Trinajstić information content (AvgIpc) is 2.03. The Morgan fingerprint density at radius 2 is 1.77 bits per heavy atom. The van der Waals surface area contributed by atoms with Crippen molar-refractivity contribution >= 4 is 0 Å². The molecule has 0 radical (unpaired) electrons. The molecule has 3 heteroatoms. The van der Waals surface area contributed by atoms with Crippen molar-refractivity contribution in [1.82, 2.24) is 0 Å². The molecule has 1 heterocycles. The quantitative estimate of drug-likeness (QED) is 0.456. The maximum absolute atomic E-state index is 8.69. The van der Waals surface area contributed by atoms with E-state index in [1.54, 1.807) is 0 Å². The lowest BCUT2D eigenvalue weighted by Crippen LogP contribution is -3.00. The molecule has 0 aromatic carbocycles. The van der Waals surface area contributed by atoms with E-state index in [-0.39, 0.29) is 24.0 Å². The molecule has 70 valence electrons. The first-order chi connectivity index (χ1) is 5.69. The van der Waals surface area contributed by atoms with Crippen LogP contribution in [-0.4, -0.2) is 0 Å². The number of aryl methyl sites for hydroxylation is 2. The summed E-state index contributed by atoms with van der Waals surface area (Å²) in [5.74, 6) is 0. The van der Waals surface area contributed by atoms with Crippen LogP contribution in [0.5, 0.6) is 0 Å². The summed E-state index contributed by atoms with van der Waals surface area (Å²) in [6, 6.07) is 5.97. The van der Waals surface area contributed by atoms with Crippen molar-refractivity contribution < 1.29 is 28.5 Å². The molecule has 0 fully saturated rings. The Balaban J connectivity index is 0.00000144. The van der Waals surface area contributed by atoms with E-state index in [1.807, 2.05) is 26.0 Å². The van der Waals surface area contributed by atoms with Gasteiger partial charge in [0.15, 0.2) is 11.4 Å². The number of pyridine rings is 1. The zero-order valence-corrected chi connectivity index (χ0v) is 10.3. The molecule has 0 bridgehead atoms. The third-order valence-corrected chi connectivity index (χ3v) is 2.03. The molecule has 0 spiro atoms. The molecule has 1 aromatic heterocycles. The van der Waals surface area contributed by atoms with Crippen molar-refractivity contribution in [2.24, 2.45) is 0 Å². The molecule has 2 nitrogen and oxygen atoms in total. The van der Waals surface area contributed by atoms with E-state index in [0.29, 0.717) is 0 Å². The molecule has 1 rings (SSSR count). The van der Waals surface area contributed by atoms with Gasteiger partial charge in [-0.1, -0.05) is 0 Å². The van der Waals surface area contributed by atoms with Crippen molar-refractivity contribution in [2.75, 3.05) is 0 Å². The van der Waals surface area contributed by atoms with Gasteiger partial charge in [-0.3, -0.25) is 0 Å². The van der Waals surface area contributed by atoms with Crippen LogP contribution in [0.1, 0.15) is 23.9 Å². The number of hydrogen-bond donors (Lipinski definition) is 0. The highest BCUT2D eigenvalue weighted by atomic mass is 127. The van der Waals surface area contributed by atoms with Gasteiger partial charge in [-0.25, -0.2) is 4.57 Å². The van der Waals surface area contributed by atoms with Crippen LogP contribution < -0.4 is 28.5 Å². The lowest BCUT2D eigenvalue weighted by molar-refractivity contribution is -0.705. The van der Waals surface area contributed by atoms with Gasteiger partial charge in [-0.15, -0.1) is 0 Å². The topological polar surface area (TPSA) is 27.7 Å². The number of hydrogen-bond acceptors (Lipinski definition) is 1. The monoisotopic (exact) mass is 288 g/mol. The van der Waals surface area contributed by atoms with E-state index in [4.69, 9.17) is 5.26 Å². The highest BCUT2D eigenvalue weighted by molar-refractivity contribution is 5.28. The first kappa shape index (κ1) is 12.4. The van der Waals surface area contributed by atoms with Crippen molar-refractivity contribution in [3.05, 3.63) is 29.1 Å². The van der Waals surface area contributed by atoms with E-state index < -0.39 is 0 Å². The molecular formula is C10H13IN2. The summed E-state index contributed by atoms with van der Waals surface area (Å²) in [5.41, 5.74) is 3.04. The predicted molar refractivity (Wildman–Crippen MR) is 46.5 cm³/mol. The molecule has 0 aliphatic rings. The molecule has 0 saturated carbocycles. The van der Waals surface area contributed by atoms with Crippen LogP contribution in [0.2, 0.25) is 0 Å². The Labute approximate surface area is 96.2 Å². The van der Waals surface area contributed by atoms with Crippen LogP contribution in [0.15, 0.2) is 12.1 Å². The Bertz CT molecular complexity index is 316. The molecule has 0 saturated heterocycles. The SMILES string of the molecule is CC[n+]1c(C)cc(C#N)cc1C.[I-]. The Morgan fingerprint density at radius 1 is 1.31 bits per heavy atom. The fourth-order valence-corrected chi connectivity index (χ4v) is 1.49. The van der Waals surface area contributed by atoms with Gasteiger partial charge >= 0.3 is 0 Å². The second-order valence-corrected chi connectivity index (χ2v) is 2.88. The molecule has 0 aliphatic heterocycles. The fourth-order valence-electron chi connectivity index (χ4n) is 1.49. The number of aromatic nitrogens is 1. The third-order valence-electron chi connectivity index (χ3n) is 2.03. The second-order valence-electron chi connectivity index (χ2n) is 2.88. The summed E-state index contributed by atoms with van der Waals surface area (Å²) in [7, 11) is 0. The molecule has 1 aromatic rings. The van der Waals surface area contributed by atoms with Crippen LogP contribution in [-0.2, 0) is 6.54 Å². The van der Waals surface area contributed by atoms with Crippen molar-refractivity contribution in [3.8, 4) is 6.07 Å². The molecule has 0 unspecified atom stereocenters. The largest absolute Gasteiger partial charge is 1.00 e. The predicted octanol–water partition coefficient (Wildman–Crippen LogP) is -1.51. The zero-order chi connectivity index (χ0) is 9.14. The van der Waals surface area contributed by atoms with E-state index in [1.165, 1.54) is 0 Å². The number of rotatable bonds is 1. The van der Waals surface area contributed by atoms with Crippen LogP contribution >= 0.6 is 0 Å². The molecular weight excluding hydrogens is 275 g/mol. The minimum absolute atomic E-state index is 0. The average molecular weight is 288 g/mol. The Morgan fingerprint density at radius 3 is 2.08 bits per heavy atom. The highest BCUT2D eigenvalue weighted by Crippen LogP contribution is 2.01. The van der Waals surface area contributed by atoms with Crippen LogP contribution in [0.3, 0.4) is 0 Å². The number of nitrogens with zero attached hydrogens (tertiary/aromatic N) is 2. The van der Waals surface area contributed by atoms with E-state index in [9.17, 15) is 0 Å². The van der Waals surface area contributed by atoms with Gasteiger partial charge in [-0.05, 0) is 6.92 Å². The molecule has 0 aliphatic carbocycles. The van der Waals surface area contributed by atoms with Gasteiger partial charge in [0.1, 0.15) is 6.54 Å². The van der Waals surface area contributed by atoms with Gasteiger partial charge in [0.2, 0.25) is 0 Å². The van der Waals surface area contributed by atoms with Crippen LogP contribution in [0.25, 0.3) is 0 Å². The first-order valence-corrected chi connectivity index (χ1v) is 4.10. The molecule has 0 N–H and O–H groups in total. The molecule has 0 amide bonds. The minimum atomic E-state index is 0. The third kappa shape index (κ3) is 2.66. The lowest BCUT2D eigenvalue weighted by Gasteiger charge is -2.00. The van der Waals surface area contributed by atoms with E-state index in [0.717, 1.165) is 23.5 Å². The summed E-state index contributed by atoms with van der Waals surface area (Å²) in [6.45, 7) is 7.12. The zero-order valence-electron chi connectivity index (χ0n) is 8.13. The van der Waals surface area contributed by atoms with Gasteiger partial charge in [0, 0.05) is 26.0 Å². The summed E-state index contributed by atoms with van der Waals surface area (Å²) in [5, 5.41) is 8.69. The first-order valence-electron chi connectivity index (χ1n) is 4.10. The lowest BCUT2D eigenvalue weighted by atomic mass is 10.2. The Hall–Kier alpha value is -0.630. The maximum Gasteiger partial charge on any atom is 0.179 e. The van der Waals surface area contributed by atoms with E-state index >= 15 is 0 Å². The number of halogens is 1. The molecule has 0 atom stereocenters. The fraction of sp³-hybridized carbons (Fsp3) is 0.400. The van der Waals surface area contributed by atoms with Gasteiger partial charge < -0.3 is 24.0 Å². The second kappa shape index (κ2) is 5.18. The summed E-state index contributed by atoms with van der Waals surface area (Å²) in [6.07, 6.45) is 0. The van der Waals surface area contributed by atoms with Crippen LogP contribution in [0.4, 0.5) is 0 Å². The summed E-state index contributed by atoms with van der Waals surface area (Å²) < 4.78 is 2.18. The van der Waals surface area contributed by atoms with Crippen molar-refractivity contribution in [3.63, 3.8) is 0 Å². The van der Waals surface area contributed by atoms with Gasteiger partial charge in [0.25, 0.3) is 0 Å². The standard InChI is InChI=1S/C10H13N2.HI/c1-4-12-8(2)5-10(7-11)6-9(12)3;/h5-6H,4H2,1-3H3;1H/q+1;/p-1. The van der Waals surface area contributed by atoms with Gasteiger partial charge in [0.05, 0.1) is 11.6 Å². The van der Waals surface area contributed by atoms with Gasteiger partial charge in [-0.2, -0.15) is 5.26 Å². The normalized spacial score (nSPS) is 8.77. The van der Waals surface area contributed by atoms with E-state index in [2.05, 4.69) is 17.6 Å². The van der Waals surface area contributed by atoms with Crippen molar-refractivity contribution in [1.29, 1.82) is 5.26 Å². The minimum Gasteiger partial charge on any atom is -1.00 e. The van der Waals surface area contributed by atoms with Crippen LogP contribution in [0, 0.1) is 25.2 Å².